The maximum atomic E-state index is 11.3. The van der Waals surface area contributed by atoms with E-state index < -0.39 is 5.97 Å². The van der Waals surface area contributed by atoms with E-state index in [1.165, 1.54) is 14.2 Å². The van der Waals surface area contributed by atoms with Crippen LogP contribution in [0.4, 0.5) is 0 Å². The van der Waals surface area contributed by atoms with Gasteiger partial charge >= 0.3 is 5.97 Å². The first kappa shape index (κ1) is 13.8. The zero-order valence-corrected chi connectivity index (χ0v) is 9.71. The monoisotopic (exact) mass is 216 g/mol. The van der Waals surface area contributed by atoms with E-state index in [2.05, 4.69) is 16.4 Å². The lowest BCUT2D eigenvalue weighted by molar-refractivity contribution is -0.136. The fraction of sp³-hybridized carbons (Fsp3) is 0.727. The van der Waals surface area contributed by atoms with E-state index in [9.17, 15) is 9.90 Å². The van der Waals surface area contributed by atoms with Crippen molar-refractivity contribution in [1.82, 2.24) is 0 Å². The molecule has 1 N–H and O–H groups in total. The molecule has 0 spiro atoms. The second-order valence-corrected chi connectivity index (χ2v) is 3.29. The molecule has 0 fully saturated rings. The maximum absolute atomic E-state index is 11.3. The van der Waals surface area contributed by atoms with Crippen LogP contribution in [0.2, 0.25) is 0 Å². The van der Waals surface area contributed by atoms with Crippen LogP contribution in [-0.4, -0.2) is 25.3 Å². The molecule has 15 heavy (non-hydrogen) atoms. The number of carbonyl (C=O) groups excluding carboxylic acids is 1. The van der Waals surface area contributed by atoms with E-state index in [0.717, 1.165) is 25.7 Å². The van der Waals surface area contributed by atoms with Crippen molar-refractivity contribution in [3.8, 4) is 0 Å². The summed E-state index contributed by atoms with van der Waals surface area (Å²) in [6.45, 7) is 2.11. The molecule has 0 atom stereocenters. The molecule has 0 saturated carbocycles. The van der Waals surface area contributed by atoms with Gasteiger partial charge in [0.2, 0.25) is 0 Å². The summed E-state index contributed by atoms with van der Waals surface area (Å²) in [7, 11) is 2.61. The molecule has 0 aromatic heterocycles. The van der Waals surface area contributed by atoms with Crippen molar-refractivity contribution in [2.24, 2.45) is 0 Å². The van der Waals surface area contributed by atoms with Crippen LogP contribution in [0.3, 0.4) is 0 Å². The standard InChI is InChI=1S/C11H20O4/c1-4-5-6-7-8-9(10(12)14-2)11(13)15-3/h12H,4-8H2,1-3H3/b10-9+. The van der Waals surface area contributed by atoms with Gasteiger partial charge in [-0.15, -0.1) is 0 Å². The second-order valence-electron chi connectivity index (χ2n) is 3.29. The van der Waals surface area contributed by atoms with Crippen molar-refractivity contribution < 1.29 is 19.4 Å². The maximum Gasteiger partial charge on any atom is 0.340 e. The number of hydrogen-bond acceptors (Lipinski definition) is 4. The Morgan fingerprint density at radius 2 is 1.80 bits per heavy atom. The number of aliphatic hydroxyl groups is 1. The summed E-state index contributed by atoms with van der Waals surface area (Å²) in [5.74, 6) is -0.857. The fourth-order valence-corrected chi connectivity index (χ4v) is 1.27. The van der Waals surface area contributed by atoms with Crippen LogP contribution in [0.5, 0.6) is 0 Å². The molecule has 0 amide bonds. The van der Waals surface area contributed by atoms with E-state index in [0.29, 0.717) is 6.42 Å². The quantitative estimate of drug-likeness (QED) is 0.307. The summed E-state index contributed by atoms with van der Waals surface area (Å²) >= 11 is 0. The number of methoxy groups -OCH3 is 2. The Morgan fingerprint density at radius 1 is 1.13 bits per heavy atom. The first-order valence-electron chi connectivity index (χ1n) is 5.21. The summed E-state index contributed by atoms with van der Waals surface area (Å²) in [6, 6.07) is 0. The third kappa shape index (κ3) is 5.30. The molecular formula is C11H20O4. The summed E-state index contributed by atoms with van der Waals surface area (Å²) in [5.41, 5.74) is 0.219. The molecule has 0 aliphatic rings. The Bertz CT molecular complexity index is 221. The molecule has 0 bridgehead atoms. The lowest BCUT2D eigenvalue weighted by Gasteiger charge is -2.07. The lowest BCUT2D eigenvalue weighted by Crippen LogP contribution is -2.09. The average Bonchev–Trinajstić information content (AvgIpc) is 2.27. The topological polar surface area (TPSA) is 55.8 Å². The van der Waals surface area contributed by atoms with E-state index >= 15 is 0 Å². The van der Waals surface area contributed by atoms with Crippen LogP contribution < -0.4 is 0 Å². The van der Waals surface area contributed by atoms with Gasteiger partial charge in [-0.2, -0.15) is 0 Å². The Balaban J connectivity index is 4.22. The number of aliphatic hydroxyl groups excluding tert-OH is 1. The van der Waals surface area contributed by atoms with Crippen molar-refractivity contribution in [3.63, 3.8) is 0 Å². The summed E-state index contributed by atoms with van der Waals surface area (Å²) in [6.07, 6.45) is 4.64. The predicted octanol–water partition coefficient (Wildman–Crippen LogP) is 2.55. The third-order valence-corrected chi connectivity index (χ3v) is 2.16. The highest BCUT2D eigenvalue weighted by Crippen LogP contribution is 2.14. The number of rotatable bonds is 7. The smallest absolute Gasteiger partial charge is 0.340 e. The van der Waals surface area contributed by atoms with Gasteiger partial charge in [-0.05, 0) is 12.8 Å². The molecule has 0 radical (unpaired) electrons. The number of carbonyl (C=O) groups is 1. The van der Waals surface area contributed by atoms with Gasteiger partial charge in [0, 0.05) is 0 Å². The van der Waals surface area contributed by atoms with Gasteiger partial charge in [-0.1, -0.05) is 26.2 Å². The van der Waals surface area contributed by atoms with Crippen LogP contribution in [-0.2, 0) is 14.3 Å². The van der Waals surface area contributed by atoms with Crippen molar-refractivity contribution in [3.05, 3.63) is 11.5 Å². The first-order valence-corrected chi connectivity index (χ1v) is 5.21. The van der Waals surface area contributed by atoms with Crippen molar-refractivity contribution >= 4 is 5.97 Å². The summed E-state index contributed by atoms with van der Waals surface area (Å²) < 4.78 is 9.18. The molecule has 0 heterocycles. The highest BCUT2D eigenvalue weighted by Gasteiger charge is 2.16. The average molecular weight is 216 g/mol. The van der Waals surface area contributed by atoms with E-state index in [-0.39, 0.29) is 11.5 Å². The minimum atomic E-state index is -0.522. The highest BCUT2D eigenvalue weighted by atomic mass is 16.6. The Morgan fingerprint density at radius 3 is 2.27 bits per heavy atom. The second kappa shape index (κ2) is 8.15. The van der Waals surface area contributed by atoms with Crippen molar-refractivity contribution in [2.45, 2.75) is 39.0 Å². The molecule has 0 aliphatic heterocycles. The van der Waals surface area contributed by atoms with Gasteiger partial charge in [0.1, 0.15) is 5.57 Å². The van der Waals surface area contributed by atoms with Gasteiger partial charge in [0.15, 0.2) is 0 Å². The van der Waals surface area contributed by atoms with Crippen LogP contribution >= 0.6 is 0 Å². The van der Waals surface area contributed by atoms with Crippen LogP contribution in [0.1, 0.15) is 39.0 Å². The number of esters is 1. The van der Waals surface area contributed by atoms with E-state index in [1.54, 1.807) is 0 Å². The molecule has 4 nitrogen and oxygen atoms in total. The molecule has 4 heteroatoms. The highest BCUT2D eigenvalue weighted by molar-refractivity contribution is 5.88. The first-order chi connectivity index (χ1) is 7.17. The van der Waals surface area contributed by atoms with Crippen molar-refractivity contribution in [1.29, 1.82) is 0 Å². The van der Waals surface area contributed by atoms with Gasteiger partial charge < -0.3 is 14.6 Å². The molecule has 0 unspecified atom stereocenters. The normalized spacial score (nSPS) is 11.9. The zero-order chi connectivity index (χ0) is 11.7. The summed E-state index contributed by atoms with van der Waals surface area (Å²) in [5, 5.41) is 9.33. The minimum absolute atomic E-state index is 0.219. The van der Waals surface area contributed by atoms with Crippen LogP contribution in [0.25, 0.3) is 0 Å². The molecule has 0 aromatic carbocycles. The summed E-state index contributed by atoms with van der Waals surface area (Å²) in [4.78, 5) is 11.3. The number of unbranched alkanes of at least 4 members (excludes halogenated alkanes) is 3. The van der Waals surface area contributed by atoms with Gasteiger partial charge in [-0.25, -0.2) is 4.79 Å². The van der Waals surface area contributed by atoms with Crippen LogP contribution in [0.15, 0.2) is 11.5 Å². The number of ether oxygens (including phenoxy) is 2. The molecule has 0 saturated heterocycles. The van der Waals surface area contributed by atoms with Gasteiger partial charge in [-0.3, -0.25) is 0 Å². The minimum Gasteiger partial charge on any atom is -0.481 e. The Labute approximate surface area is 90.9 Å². The van der Waals surface area contributed by atoms with Crippen molar-refractivity contribution in [2.75, 3.05) is 14.2 Å². The van der Waals surface area contributed by atoms with Gasteiger partial charge in [0.25, 0.3) is 5.95 Å². The SMILES string of the molecule is CCCCCC/C(C(=O)OC)=C(/O)OC. The third-order valence-electron chi connectivity index (χ3n) is 2.16. The van der Waals surface area contributed by atoms with Gasteiger partial charge in [0.05, 0.1) is 14.2 Å². The molecule has 0 aliphatic carbocycles. The largest absolute Gasteiger partial charge is 0.481 e. The van der Waals surface area contributed by atoms with E-state index in [4.69, 9.17) is 0 Å². The fourth-order valence-electron chi connectivity index (χ4n) is 1.27. The lowest BCUT2D eigenvalue weighted by atomic mass is 10.1. The van der Waals surface area contributed by atoms with E-state index in [1.807, 2.05) is 0 Å². The Kier molecular flexibility index (Phi) is 7.50. The predicted molar refractivity (Wildman–Crippen MR) is 57.4 cm³/mol. The molecule has 88 valence electrons. The molecule has 0 rings (SSSR count). The zero-order valence-electron chi connectivity index (χ0n) is 9.71. The van der Waals surface area contributed by atoms with Crippen LogP contribution in [0, 0.1) is 0 Å². The Hall–Kier alpha value is -1.19. The molecule has 0 aromatic rings. The molecular weight excluding hydrogens is 196 g/mol. The number of hydrogen-bond donors (Lipinski definition) is 1.